The summed E-state index contributed by atoms with van der Waals surface area (Å²) in [5, 5.41) is 0. The summed E-state index contributed by atoms with van der Waals surface area (Å²) in [7, 11) is -0.634. The normalized spacial score (nSPS) is 31.8. The van der Waals surface area contributed by atoms with Crippen LogP contribution in [0.2, 0.25) is 0 Å². The van der Waals surface area contributed by atoms with Crippen LogP contribution in [-0.2, 0) is 10.8 Å². The lowest BCUT2D eigenvalue weighted by molar-refractivity contribution is 0.0297. The first kappa shape index (κ1) is 14.5. The summed E-state index contributed by atoms with van der Waals surface area (Å²) in [5.41, 5.74) is 0. The van der Waals surface area contributed by atoms with E-state index in [1.165, 1.54) is 32.5 Å². The lowest BCUT2D eigenvalue weighted by atomic mass is 9.97. The van der Waals surface area contributed by atoms with E-state index < -0.39 is 10.8 Å². The molecular formula is C14H28N2OS. The van der Waals surface area contributed by atoms with Gasteiger partial charge in [-0.2, -0.15) is 0 Å². The van der Waals surface area contributed by atoms with E-state index in [4.69, 9.17) is 0 Å². The first-order valence-corrected chi connectivity index (χ1v) is 9.08. The largest absolute Gasteiger partial charge is 0.298 e. The fourth-order valence-corrected chi connectivity index (χ4v) is 4.00. The van der Waals surface area contributed by atoms with Crippen molar-refractivity contribution in [3.05, 3.63) is 0 Å². The van der Waals surface area contributed by atoms with Crippen molar-refractivity contribution in [2.45, 2.75) is 45.2 Å². The van der Waals surface area contributed by atoms with Crippen molar-refractivity contribution >= 4 is 10.8 Å². The van der Waals surface area contributed by atoms with Crippen molar-refractivity contribution in [3.63, 3.8) is 0 Å². The van der Waals surface area contributed by atoms with Crippen LogP contribution in [0, 0.1) is 5.92 Å². The highest BCUT2D eigenvalue weighted by molar-refractivity contribution is 7.84. The fourth-order valence-electron chi connectivity index (χ4n) is 3.46. The SMILES string of the molecule is CC(C)C1CN2CCCC2CN1CCCS(C)=O. The number of hydrogen-bond acceptors (Lipinski definition) is 3. The Kier molecular flexibility index (Phi) is 5.22. The maximum atomic E-state index is 11.2. The highest BCUT2D eigenvalue weighted by Crippen LogP contribution is 2.27. The van der Waals surface area contributed by atoms with Crippen molar-refractivity contribution in [2.75, 3.05) is 38.2 Å². The molecular weight excluding hydrogens is 244 g/mol. The van der Waals surface area contributed by atoms with Gasteiger partial charge in [-0.1, -0.05) is 13.8 Å². The first-order valence-electron chi connectivity index (χ1n) is 7.36. The average molecular weight is 272 g/mol. The van der Waals surface area contributed by atoms with Crippen molar-refractivity contribution < 1.29 is 4.21 Å². The summed E-state index contributed by atoms with van der Waals surface area (Å²) < 4.78 is 11.2. The Labute approximate surface area is 114 Å². The molecule has 0 bridgehead atoms. The second kappa shape index (κ2) is 6.49. The van der Waals surface area contributed by atoms with Crippen LogP contribution in [0.15, 0.2) is 0 Å². The predicted molar refractivity (Wildman–Crippen MR) is 78.3 cm³/mol. The molecule has 2 heterocycles. The summed E-state index contributed by atoms with van der Waals surface area (Å²) in [4.78, 5) is 5.36. The zero-order chi connectivity index (χ0) is 13.1. The zero-order valence-corrected chi connectivity index (χ0v) is 12.9. The summed E-state index contributed by atoms with van der Waals surface area (Å²) in [5.74, 6) is 1.58. The predicted octanol–water partition coefficient (Wildman–Crippen LogP) is 1.56. The van der Waals surface area contributed by atoms with Gasteiger partial charge in [-0.05, 0) is 38.3 Å². The fraction of sp³-hybridized carbons (Fsp3) is 1.00. The smallest absolute Gasteiger partial charge is 0.0246 e. The van der Waals surface area contributed by atoms with E-state index in [-0.39, 0.29) is 0 Å². The molecule has 106 valence electrons. The number of rotatable bonds is 5. The van der Waals surface area contributed by atoms with Crippen LogP contribution in [0.5, 0.6) is 0 Å². The van der Waals surface area contributed by atoms with Gasteiger partial charge in [0.15, 0.2) is 0 Å². The van der Waals surface area contributed by atoms with Crippen LogP contribution in [-0.4, -0.2) is 64.3 Å². The molecule has 18 heavy (non-hydrogen) atoms. The van der Waals surface area contributed by atoms with Crippen LogP contribution in [0.25, 0.3) is 0 Å². The Morgan fingerprint density at radius 2 is 2.11 bits per heavy atom. The van der Waals surface area contributed by atoms with E-state index in [1.54, 1.807) is 0 Å². The van der Waals surface area contributed by atoms with E-state index in [9.17, 15) is 4.21 Å². The van der Waals surface area contributed by atoms with E-state index in [2.05, 4.69) is 23.6 Å². The third kappa shape index (κ3) is 3.55. The van der Waals surface area contributed by atoms with Crippen LogP contribution in [0.4, 0.5) is 0 Å². The highest BCUT2D eigenvalue weighted by atomic mass is 32.2. The van der Waals surface area contributed by atoms with Crippen LogP contribution >= 0.6 is 0 Å². The maximum absolute atomic E-state index is 11.2. The Morgan fingerprint density at radius 1 is 1.33 bits per heavy atom. The average Bonchev–Trinajstić information content (AvgIpc) is 2.74. The van der Waals surface area contributed by atoms with Gasteiger partial charge in [0.05, 0.1) is 0 Å². The summed E-state index contributed by atoms with van der Waals surface area (Å²) in [6, 6.07) is 1.50. The minimum absolute atomic E-state index is 0.634. The number of nitrogens with zero attached hydrogens (tertiary/aromatic N) is 2. The Morgan fingerprint density at radius 3 is 2.78 bits per heavy atom. The summed E-state index contributed by atoms with van der Waals surface area (Å²) in [6.45, 7) is 9.60. The molecule has 0 aromatic rings. The van der Waals surface area contributed by atoms with Gasteiger partial charge in [-0.25, -0.2) is 0 Å². The van der Waals surface area contributed by atoms with Gasteiger partial charge in [0.1, 0.15) is 0 Å². The summed E-state index contributed by atoms with van der Waals surface area (Å²) >= 11 is 0. The monoisotopic (exact) mass is 272 g/mol. The van der Waals surface area contributed by atoms with Crippen molar-refractivity contribution in [3.8, 4) is 0 Å². The van der Waals surface area contributed by atoms with Gasteiger partial charge in [-0.15, -0.1) is 0 Å². The van der Waals surface area contributed by atoms with E-state index in [0.29, 0.717) is 6.04 Å². The Balaban J connectivity index is 1.90. The molecule has 0 aromatic carbocycles. The topological polar surface area (TPSA) is 23.6 Å². The number of hydrogen-bond donors (Lipinski definition) is 0. The van der Waals surface area contributed by atoms with Gasteiger partial charge in [0, 0.05) is 48.0 Å². The maximum Gasteiger partial charge on any atom is 0.0246 e. The molecule has 4 heteroatoms. The molecule has 0 spiro atoms. The molecule has 0 N–H and O–H groups in total. The van der Waals surface area contributed by atoms with Crippen molar-refractivity contribution in [1.29, 1.82) is 0 Å². The quantitative estimate of drug-likeness (QED) is 0.759. The van der Waals surface area contributed by atoms with Gasteiger partial charge < -0.3 is 0 Å². The molecule has 0 aromatic heterocycles. The minimum atomic E-state index is -0.634. The summed E-state index contributed by atoms with van der Waals surface area (Å²) in [6.07, 6.45) is 5.65. The highest BCUT2D eigenvalue weighted by Gasteiger charge is 2.36. The molecule has 3 nitrogen and oxygen atoms in total. The Hall–Kier alpha value is 0.0700. The van der Waals surface area contributed by atoms with Crippen molar-refractivity contribution in [2.24, 2.45) is 5.92 Å². The van der Waals surface area contributed by atoms with Crippen LogP contribution < -0.4 is 0 Å². The molecule has 0 amide bonds. The van der Waals surface area contributed by atoms with Gasteiger partial charge >= 0.3 is 0 Å². The molecule has 2 aliphatic heterocycles. The van der Waals surface area contributed by atoms with E-state index in [1.807, 2.05) is 6.26 Å². The van der Waals surface area contributed by atoms with Crippen LogP contribution in [0.1, 0.15) is 33.1 Å². The van der Waals surface area contributed by atoms with Gasteiger partial charge in [-0.3, -0.25) is 14.0 Å². The van der Waals surface area contributed by atoms with Crippen LogP contribution in [0.3, 0.4) is 0 Å². The third-order valence-electron chi connectivity index (χ3n) is 4.48. The van der Waals surface area contributed by atoms with E-state index >= 15 is 0 Å². The zero-order valence-electron chi connectivity index (χ0n) is 12.1. The second-order valence-corrected chi connectivity index (χ2v) is 7.78. The minimum Gasteiger partial charge on any atom is -0.298 e. The molecule has 2 aliphatic rings. The van der Waals surface area contributed by atoms with Crippen molar-refractivity contribution in [1.82, 2.24) is 9.80 Å². The number of piperazine rings is 1. The van der Waals surface area contributed by atoms with Gasteiger partial charge in [0.25, 0.3) is 0 Å². The number of fused-ring (bicyclic) bond motifs is 1. The lowest BCUT2D eigenvalue weighted by Crippen LogP contribution is -2.57. The second-order valence-electron chi connectivity index (χ2n) is 6.23. The lowest BCUT2D eigenvalue weighted by Gasteiger charge is -2.45. The molecule has 2 fully saturated rings. The first-order chi connectivity index (χ1) is 8.58. The third-order valence-corrected chi connectivity index (χ3v) is 5.35. The van der Waals surface area contributed by atoms with Gasteiger partial charge in [0.2, 0.25) is 0 Å². The standard InChI is InChI=1S/C14H28N2OS/c1-12(2)14-11-15-7-4-6-13(15)10-16(14)8-5-9-18(3)17/h12-14H,4-11H2,1-3H3. The molecule has 0 aliphatic carbocycles. The molecule has 0 saturated carbocycles. The molecule has 3 atom stereocenters. The molecule has 2 rings (SSSR count). The molecule has 0 radical (unpaired) electrons. The molecule has 2 saturated heterocycles. The van der Waals surface area contributed by atoms with E-state index in [0.717, 1.165) is 30.7 Å². The molecule has 3 unspecified atom stereocenters. The Bertz CT molecular complexity index is 296.